The molecule has 0 amide bonds. The molecule has 2 aromatic carbocycles. The van der Waals surface area contributed by atoms with Crippen LogP contribution < -0.4 is 0 Å². The van der Waals surface area contributed by atoms with E-state index in [2.05, 4.69) is 43.3 Å². The van der Waals surface area contributed by atoms with Crippen molar-refractivity contribution in [3.63, 3.8) is 0 Å². The van der Waals surface area contributed by atoms with E-state index in [-0.39, 0.29) is 0 Å². The molecule has 0 radical (unpaired) electrons. The van der Waals surface area contributed by atoms with Crippen molar-refractivity contribution in [2.75, 3.05) is 0 Å². The van der Waals surface area contributed by atoms with Gasteiger partial charge in [0.1, 0.15) is 0 Å². The van der Waals surface area contributed by atoms with Gasteiger partial charge in [-0.25, -0.2) is 0 Å². The summed E-state index contributed by atoms with van der Waals surface area (Å²) in [7, 11) is 0. The minimum atomic E-state index is -0.685. The van der Waals surface area contributed by atoms with Crippen molar-refractivity contribution in [2.24, 2.45) is 0 Å². The van der Waals surface area contributed by atoms with Gasteiger partial charge < -0.3 is 5.11 Å². The second-order valence-corrected chi connectivity index (χ2v) is 5.39. The molecule has 1 N–H and O–H groups in total. The number of carboxylic acids is 1. The van der Waals surface area contributed by atoms with Crippen molar-refractivity contribution in [3.8, 4) is 0 Å². The fourth-order valence-electron chi connectivity index (χ4n) is 2.71. The molecule has 0 heterocycles. The summed E-state index contributed by atoms with van der Waals surface area (Å²) in [6, 6.07) is 12.9. The Morgan fingerprint density at radius 3 is 2.55 bits per heavy atom. The molecule has 0 saturated carbocycles. The summed E-state index contributed by atoms with van der Waals surface area (Å²) < 4.78 is 0. The normalized spacial score (nSPS) is 10.8. The molecule has 0 aromatic heterocycles. The average molecular weight is 270 g/mol. The summed E-state index contributed by atoms with van der Waals surface area (Å²) in [6.45, 7) is 2.17. The van der Waals surface area contributed by atoms with E-state index in [0.29, 0.717) is 6.42 Å². The zero-order valence-corrected chi connectivity index (χ0v) is 12.1. The lowest BCUT2D eigenvalue weighted by Gasteiger charge is -2.10. The Morgan fingerprint density at radius 2 is 1.75 bits per heavy atom. The van der Waals surface area contributed by atoms with Gasteiger partial charge in [0.2, 0.25) is 0 Å². The number of fused-ring (bicyclic) bond motifs is 1. The molecule has 0 unspecified atom stereocenters. The van der Waals surface area contributed by atoms with Gasteiger partial charge in [-0.15, -0.1) is 0 Å². The van der Waals surface area contributed by atoms with E-state index in [1.807, 2.05) is 0 Å². The summed E-state index contributed by atoms with van der Waals surface area (Å²) in [4.78, 5) is 10.4. The Balaban J connectivity index is 1.92. The molecule has 0 aliphatic heterocycles. The minimum Gasteiger partial charge on any atom is -0.481 e. The summed E-state index contributed by atoms with van der Waals surface area (Å²) >= 11 is 0. The van der Waals surface area contributed by atoms with Gasteiger partial charge >= 0.3 is 5.97 Å². The molecule has 2 aromatic rings. The number of aliphatic carboxylic acids is 1. The Hall–Kier alpha value is -1.83. The first-order valence-corrected chi connectivity index (χ1v) is 7.37. The highest BCUT2D eigenvalue weighted by Gasteiger charge is 2.04. The van der Waals surface area contributed by atoms with E-state index in [1.54, 1.807) is 0 Å². The second-order valence-electron chi connectivity index (χ2n) is 5.39. The van der Waals surface area contributed by atoms with Crippen LogP contribution in [-0.2, 0) is 11.2 Å². The van der Waals surface area contributed by atoms with E-state index in [1.165, 1.54) is 21.9 Å². The number of unbranched alkanes of at least 4 members (excludes halogenated alkanes) is 3. The molecule has 0 atom stereocenters. The Morgan fingerprint density at radius 1 is 1.00 bits per heavy atom. The van der Waals surface area contributed by atoms with Gasteiger partial charge in [-0.2, -0.15) is 0 Å². The van der Waals surface area contributed by atoms with Crippen LogP contribution in [0.2, 0.25) is 0 Å². The van der Waals surface area contributed by atoms with Gasteiger partial charge in [0.05, 0.1) is 0 Å². The van der Waals surface area contributed by atoms with Crippen LogP contribution in [0.15, 0.2) is 36.4 Å². The summed E-state index contributed by atoms with van der Waals surface area (Å²) in [5, 5.41) is 11.3. The monoisotopic (exact) mass is 270 g/mol. The maximum Gasteiger partial charge on any atom is 0.303 e. The Labute approximate surface area is 120 Å². The smallest absolute Gasteiger partial charge is 0.303 e. The van der Waals surface area contributed by atoms with Gasteiger partial charge in [0.25, 0.3) is 0 Å². The molecule has 2 heteroatoms. The van der Waals surface area contributed by atoms with Gasteiger partial charge in [0.15, 0.2) is 0 Å². The van der Waals surface area contributed by atoms with E-state index < -0.39 is 5.97 Å². The molecule has 0 aliphatic carbocycles. The fourth-order valence-corrected chi connectivity index (χ4v) is 2.71. The Kier molecular flexibility index (Phi) is 5.16. The largest absolute Gasteiger partial charge is 0.481 e. The average Bonchev–Trinajstić information content (AvgIpc) is 2.44. The maximum atomic E-state index is 10.4. The van der Waals surface area contributed by atoms with Crippen LogP contribution in [0.25, 0.3) is 10.8 Å². The number of hydrogen-bond acceptors (Lipinski definition) is 1. The van der Waals surface area contributed by atoms with E-state index in [0.717, 1.165) is 32.1 Å². The number of carbonyl (C=O) groups is 1. The zero-order chi connectivity index (χ0) is 14.4. The first-order valence-electron chi connectivity index (χ1n) is 7.37. The van der Waals surface area contributed by atoms with E-state index in [9.17, 15) is 4.79 Å². The van der Waals surface area contributed by atoms with E-state index in [4.69, 9.17) is 5.11 Å². The summed E-state index contributed by atoms with van der Waals surface area (Å²) in [6.07, 6.45) is 5.43. The van der Waals surface area contributed by atoms with E-state index >= 15 is 0 Å². The predicted molar refractivity (Wildman–Crippen MR) is 83.1 cm³/mol. The second kappa shape index (κ2) is 7.09. The molecular weight excluding hydrogens is 248 g/mol. The van der Waals surface area contributed by atoms with Crippen molar-refractivity contribution in [2.45, 2.75) is 45.4 Å². The standard InChI is InChI=1S/C18H22O2/c1-14-12-13-15-8-6-7-10-17(15)16(14)9-4-2-3-5-11-18(19)20/h6-8,10,12-13H,2-5,9,11H2,1H3,(H,19,20). The minimum absolute atomic E-state index is 0.299. The van der Waals surface area contributed by atoms with Crippen LogP contribution >= 0.6 is 0 Å². The highest BCUT2D eigenvalue weighted by molar-refractivity contribution is 5.86. The van der Waals surface area contributed by atoms with Crippen LogP contribution in [0.5, 0.6) is 0 Å². The van der Waals surface area contributed by atoms with Crippen molar-refractivity contribution < 1.29 is 9.90 Å². The number of hydrogen-bond donors (Lipinski definition) is 1. The fraction of sp³-hybridized carbons (Fsp3) is 0.389. The topological polar surface area (TPSA) is 37.3 Å². The number of benzene rings is 2. The molecule has 0 spiro atoms. The van der Waals surface area contributed by atoms with Gasteiger partial charge in [-0.3, -0.25) is 4.79 Å². The van der Waals surface area contributed by atoms with Crippen LogP contribution in [0, 0.1) is 6.92 Å². The van der Waals surface area contributed by atoms with Gasteiger partial charge in [-0.1, -0.05) is 49.2 Å². The van der Waals surface area contributed by atoms with Crippen LogP contribution in [-0.4, -0.2) is 11.1 Å². The third-order valence-electron chi connectivity index (χ3n) is 3.84. The molecule has 106 valence electrons. The SMILES string of the molecule is Cc1ccc2ccccc2c1CCCCCCC(=O)O. The molecule has 0 saturated heterocycles. The highest BCUT2D eigenvalue weighted by Crippen LogP contribution is 2.24. The molecule has 2 rings (SSSR count). The van der Waals surface area contributed by atoms with Crippen molar-refractivity contribution >= 4 is 16.7 Å². The molecule has 0 aliphatic rings. The quantitative estimate of drug-likeness (QED) is 0.739. The third kappa shape index (κ3) is 3.83. The number of rotatable bonds is 7. The first kappa shape index (κ1) is 14.6. The van der Waals surface area contributed by atoms with Gasteiger partial charge in [-0.05, 0) is 48.1 Å². The van der Waals surface area contributed by atoms with Crippen LogP contribution in [0.3, 0.4) is 0 Å². The van der Waals surface area contributed by atoms with Crippen LogP contribution in [0.1, 0.15) is 43.2 Å². The number of aryl methyl sites for hydroxylation is 2. The first-order chi connectivity index (χ1) is 9.68. The molecular formula is C18H22O2. The predicted octanol–water partition coefficient (Wildman–Crippen LogP) is 4.73. The molecule has 20 heavy (non-hydrogen) atoms. The lowest BCUT2D eigenvalue weighted by Crippen LogP contribution is -1.95. The van der Waals surface area contributed by atoms with Crippen molar-refractivity contribution in [3.05, 3.63) is 47.5 Å². The van der Waals surface area contributed by atoms with Crippen molar-refractivity contribution in [1.82, 2.24) is 0 Å². The van der Waals surface area contributed by atoms with Crippen LogP contribution in [0.4, 0.5) is 0 Å². The number of carboxylic acid groups (broad SMARTS) is 1. The zero-order valence-electron chi connectivity index (χ0n) is 12.1. The summed E-state index contributed by atoms with van der Waals surface area (Å²) in [5.41, 5.74) is 2.80. The molecule has 2 nitrogen and oxygen atoms in total. The highest BCUT2D eigenvalue weighted by atomic mass is 16.4. The molecule has 0 fully saturated rings. The third-order valence-corrected chi connectivity index (χ3v) is 3.84. The Bertz CT molecular complexity index is 587. The summed E-state index contributed by atoms with van der Waals surface area (Å²) in [5.74, 6) is -0.685. The lowest BCUT2D eigenvalue weighted by molar-refractivity contribution is -0.137. The molecule has 0 bridgehead atoms. The lowest BCUT2D eigenvalue weighted by atomic mass is 9.95. The van der Waals surface area contributed by atoms with Gasteiger partial charge in [0, 0.05) is 6.42 Å². The maximum absolute atomic E-state index is 10.4. The van der Waals surface area contributed by atoms with Crippen molar-refractivity contribution in [1.29, 1.82) is 0 Å².